The van der Waals surface area contributed by atoms with Crippen LogP contribution >= 0.6 is 23.1 Å². The molecule has 0 radical (unpaired) electrons. The normalized spacial score (nSPS) is 11.2. The van der Waals surface area contributed by atoms with E-state index < -0.39 is 0 Å². The van der Waals surface area contributed by atoms with Gasteiger partial charge in [-0.15, -0.1) is 11.3 Å². The largest absolute Gasteiger partial charge is 0.396 e. The summed E-state index contributed by atoms with van der Waals surface area (Å²) in [5.74, 6) is 0.388. The molecule has 0 unspecified atom stereocenters. The third-order valence-electron chi connectivity index (χ3n) is 3.12. The third kappa shape index (κ3) is 3.06. The monoisotopic (exact) mass is 336 g/mol. The fourth-order valence-corrected chi connectivity index (χ4v) is 3.87. The fourth-order valence-electron chi connectivity index (χ4n) is 2.07. The summed E-state index contributed by atoms with van der Waals surface area (Å²) in [6.07, 6.45) is 0.650. The number of fused-ring (bicyclic) bond motifs is 1. The first-order valence-electron chi connectivity index (χ1n) is 6.70. The number of nitrogens with zero attached hydrogens (tertiary/aromatic N) is 1. The van der Waals surface area contributed by atoms with E-state index in [9.17, 15) is 9.18 Å². The molecule has 0 amide bonds. The number of H-pyrrole nitrogens is 1. The van der Waals surface area contributed by atoms with Crippen LogP contribution in [0.15, 0.2) is 39.6 Å². The minimum absolute atomic E-state index is 0.118. The van der Waals surface area contributed by atoms with Crippen LogP contribution in [-0.4, -0.2) is 27.4 Å². The van der Waals surface area contributed by atoms with Gasteiger partial charge < -0.3 is 10.1 Å². The van der Waals surface area contributed by atoms with E-state index in [1.54, 1.807) is 12.1 Å². The molecule has 114 valence electrons. The van der Waals surface area contributed by atoms with E-state index in [1.807, 2.05) is 5.38 Å². The second kappa shape index (κ2) is 6.60. The molecule has 0 atom stereocenters. The lowest BCUT2D eigenvalue weighted by atomic mass is 10.1. The molecule has 2 N–H and O–H groups in total. The summed E-state index contributed by atoms with van der Waals surface area (Å²) in [5, 5.41) is 11.7. The van der Waals surface area contributed by atoms with E-state index in [1.165, 1.54) is 35.2 Å². The van der Waals surface area contributed by atoms with E-state index in [2.05, 4.69) is 9.97 Å². The maximum absolute atomic E-state index is 13.0. The predicted octanol–water partition coefficient (Wildman–Crippen LogP) is 3.27. The Morgan fingerprint density at radius 3 is 2.82 bits per heavy atom. The zero-order valence-electron chi connectivity index (χ0n) is 11.5. The molecule has 0 spiro atoms. The van der Waals surface area contributed by atoms with Crippen LogP contribution in [0.3, 0.4) is 0 Å². The van der Waals surface area contributed by atoms with Gasteiger partial charge in [-0.25, -0.2) is 9.37 Å². The van der Waals surface area contributed by atoms with Crippen molar-refractivity contribution in [3.8, 4) is 11.1 Å². The number of nitrogens with one attached hydrogen (secondary N) is 1. The summed E-state index contributed by atoms with van der Waals surface area (Å²) in [6, 6.07) is 6.06. The molecule has 3 rings (SSSR count). The number of rotatable bonds is 5. The van der Waals surface area contributed by atoms with Crippen molar-refractivity contribution in [2.75, 3.05) is 12.4 Å². The average molecular weight is 336 g/mol. The number of hydrogen-bond donors (Lipinski definition) is 2. The van der Waals surface area contributed by atoms with Gasteiger partial charge in [0.25, 0.3) is 5.56 Å². The Kier molecular flexibility index (Phi) is 4.56. The Labute approximate surface area is 134 Å². The molecule has 1 aromatic carbocycles. The van der Waals surface area contributed by atoms with Gasteiger partial charge in [0.2, 0.25) is 0 Å². The van der Waals surface area contributed by atoms with Crippen LogP contribution in [0, 0.1) is 5.82 Å². The first kappa shape index (κ1) is 15.2. The van der Waals surface area contributed by atoms with Gasteiger partial charge >= 0.3 is 0 Å². The number of aromatic amines is 1. The number of hydrogen-bond acceptors (Lipinski definition) is 5. The molecule has 0 saturated heterocycles. The van der Waals surface area contributed by atoms with Crippen molar-refractivity contribution in [3.05, 3.63) is 45.8 Å². The Morgan fingerprint density at radius 1 is 1.32 bits per heavy atom. The summed E-state index contributed by atoms with van der Waals surface area (Å²) >= 11 is 2.80. The van der Waals surface area contributed by atoms with Crippen LogP contribution in [0.25, 0.3) is 21.3 Å². The van der Waals surface area contributed by atoms with Crippen molar-refractivity contribution < 1.29 is 9.50 Å². The van der Waals surface area contributed by atoms with Crippen molar-refractivity contribution in [2.45, 2.75) is 11.6 Å². The first-order valence-corrected chi connectivity index (χ1v) is 8.56. The van der Waals surface area contributed by atoms with Crippen LogP contribution in [0.1, 0.15) is 6.42 Å². The Balaban J connectivity index is 2.01. The second-order valence-electron chi connectivity index (χ2n) is 4.63. The van der Waals surface area contributed by atoms with Crippen LogP contribution in [0.5, 0.6) is 0 Å². The highest BCUT2D eigenvalue weighted by Gasteiger charge is 2.13. The molecule has 4 nitrogen and oxygen atoms in total. The molecule has 2 aromatic heterocycles. The number of halogens is 1. The van der Waals surface area contributed by atoms with Crippen LogP contribution < -0.4 is 5.56 Å². The van der Waals surface area contributed by atoms with Crippen molar-refractivity contribution in [1.29, 1.82) is 0 Å². The minimum Gasteiger partial charge on any atom is -0.396 e. The average Bonchev–Trinajstić information content (AvgIpc) is 2.93. The van der Waals surface area contributed by atoms with Crippen LogP contribution in [0.4, 0.5) is 4.39 Å². The van der Waals surface area contributed by atoms with E-state index in [0.717, 1.165) is 11.1 Å². The van der Waals surface area contributed by atoms with Gasteiger partial charge in [-0.05, 0) is 24.1 Å². The number of benzene rings is 1. The Bertz CT molecular complexity index is 843. The topological polar surface area (TPSA) is 66.0 Å². The smallest absolute Gasteiger partial charge is 0.260 e. The number of aliphatic hydroxyl groups is 1. The number of thiophene rings is 1. The van der Waals surface area contributed by atoms with E-state index in [0.29, 0.717) is 27.5 Å². The van der Waals surface area contributed by atoms with Crippen LogP contribution in [0.2, 0.25) is 0 Å². The van der Waals surface area contributed by atoms with Gasteiger partial charge in [-0.3, -0.25) is 4.79 Å². The van der Waals surface area contributed by atoms with Crippen molar-refractivity contribution in [2.24, 2.45) is 0 Å². The van der Waals surface area contributed by atoms with Gasteiger partial charge in [-0.2, -0.15) is 0 Å². The molecule has 0 aliphatic heterocycles. The molecule has 0 bridgehead atoms. The Morgan fingerprint density at radius 2 is 2.09 bits per heavy atom. The minimum atomic E-state index is -0.308. The lowest BCUT2D eigenvalue weighted by Gasteiger charge is -2.01. The van der Waals surface area contributed by atoms with Crippen molar-refractivity contribution >= 4 is 33.3 Å². The molecule has 7 heteroatoms. The lowest BCUT2D eigenvalue weighted by Crippen LogP contribution is -2.08. The summed E-state index contributed by atoms with van der Waals surface area (Å²) < 4.78 is 13.0. The molecule has 22 heavy (non-hydrogen) atoms. The molecule has 0 fully saturated rings. The van der Waals surface area contributed by atoms with Gasteiger partial charge in [0.1, 0.15) is 10.6 Å². The van der Waals surface area contributed by atoms with Crippen LogP contribution in [-0.2, 0) is 0 Å². The first-order chi connectivity index (χ1) is 10.7. The maximum atomic E-state index is 13.0. The summed E-state index contributed by atoms with van der Waals surface area (Å²) in [6.45, 7) is 0.118. The number of aliphatic hydroxyl groups excluding tert-OH is 1. The molecule has 0 aliphatic rings. The van der Waals surface area contributed by atoms with E-state index in [4.69, 9.17) is 5.11 Å². The zero-order valence-corrected chi connectivity index (χ0v) is 13.1. The highest BCUT2D eigenvalue weighted by atomic mass is 32.2. The van der Waals surface area contributed by atoms with Crippen molar-refractivity contribution in [3.63, 3.8) is 0 Å². The standard InChI is InChI=1S/C15H13FN2O2S2/c16-10-4-2-9(3-5-10)11-8-22-14-12(11)13(20)17-15(18-14)21-7-1-6-19/h2-5,8,19H,1,6-7H2,(H,17,18,20). The van der Waals surface area contributed by atoms with Gasteiger partial charge in [0, 0.05) is 23.3 Å². The van der Waals surface area contributed by atoms with E-state index >= 15 is 0 Å². The van der Waals surface area contributed by atoms with Crippen molar-refractivity contribution in [1.82, 2.24) is 9.97 Å². The van der Waals surface area contributed by atoms with Gasteiger partial charge in [0.05, 0.1) is 5.39 Å². The highest BCUT2D eigenvalue weighted by Crippen LogP contribution is 2.31. The van der Waals surface area contributed by atoms with Gasteiger partial charge in [-0.1, -0.05) is 23.9 Å². The quantitative estimate of drug-likeness (QED) is 0.426. The van der Waals surface area contributed by atoms with Gasteiger partial charge in [0.15, 0.2) is 5.16 Å². The molecular formula is C15H13FN2O2S2. The third-order valence-corrected chi connectivity index (χ3v) is 4.95. The summed E-state index contributed by atoms with van der Waals surface area (Å²) in [5.41, 5.74) is 1.36. The molecule has 2 heterocycles. The molecule has 0 saturated carbocycles. The Hall–Kier alpha value is -1.70. The predicted molar refractivity (Wildman–Crippen MR) is 88.1 cm³/mol. The molecule has 0 aliphatic carbocycles. The number of thioether (sulfide) groups is 1. The maximum Gasteiger partial charge on any atom is 0.260 e. The highest BCUT2D eigenvalue weighted by molar-refractivity contribution is 7.99. The fraction of sp³-hybridized carbons (Fsp3) is 0.200. The number of aromatic nitrogens is 2. The lowest BCUT2D eigenvalue weighted by molar-refractivity contribution is 0.296. The second-order valence-corrected chi connectivity index (χ2v) is 6.57. The molecule has 3 aromatic rings. The van der Waals surface area contributed by atoms with E-state index in [-0.39, 0.29) is 18.0 Å². The summed E-state index contributed by atoms with van der Waals surface area (Å²) in [4.78, 5) is 20.2. The summed E-state index contributed by atoms with van der Waals surface area (Å²) in [7, 11) is 0. The molecular weight excluding hydrogens is 323 g/mol. The zero-order chi connectivity index (χ0) is 15.5. The SMILES string of the molecule is O=c1[nH]c(SCCCO)nc2scc(-c3ccc(F)cc3)c12.